The zero-order chi connectivity index (χ0) is 9.56. The lowest BCUT2D eigenvalue weighted by atomic mass is 10.1. The molecule has 0 aliphatic carbocycles. The Labute approximate surface area is 76.6 Å². The average Bonchev–Trinajstić information content (AvgIpc) is 2.05. The number of hydrogen-bond acceptors (Lipinski definition) is 2. The molecule has 12 heavy (non-hydrogen) atoms. The molecule has 74 valence electrons. The van der Waals surface area contributed by atoms with E-state index in [0.717, 1.165) is 6.54 Å². The van der Waals surface area contributed by atoms with Gasteiger partial charge in [0.05, 0.1) is 6.61 Å². The Bertz CT molecular complexity index is 100. The minimum Gasteiger partial charge on any atom is -0.395 e. The maximum atomic E-state index is 8.88. The summed E-state index contributed by atoms with van der Waals surface area (Å²) in [7, 11) is 0. The highest BCUT2D eigenvalue weighted by atomic mass is 16.3. The van der Waals surface area contributed by atoms with Gasteiger partial charge in [0.1, 0.15) is 0 Å². The van der Waals surface area contributed by atoms with Gasteiger partial charge in [-0.25, -0.2) is 0 Å². The van der Waals surface area contributed by atoms with E-state index < -0.39 is 0 Å². The van der Waals surface area contributed by atoms with Gasteiger partial charge in [-0.05, 0) is 26.7 Å². The van der Waals surface area contributed by atoms with E-state index in [-0.39, 0.29) is 6.61 Å². The minimum absolute atomic E-state index is 0.272. The summed E-state index contributed by atoms with van der Waals surface area (Å²) < 4.78 is 0. The predicted octanol–water partition coefficient (Wildman–Crippen LogP) is 1.88. The molecule has 0 aliphatic rings. The molecule has 0 aromatic carbocycles. The van der Waals surface area contributed by atoms with E-state index in [0.29, 0.717) is 12.1 Å². The molecule has 0 radical (unpaired) electrons. The van der Waals surface area contributed by atoms with Crippen molar-refractivity contribution in [2.75, 3.05) is 13.2 Å². The molecular weight excluding hydrogens is 150 g/mol. The van der Waals surface area contributed by atoms with Crippen molar-refractivity contribution in [1.29, 1.82) is 0 Å². The van der Waals surface area contributed by atoms with Crippen LogP contribution in [0, 0.1) is 0 Å². The van der Waals surface area contributed by atoms with Gasteiger partial charge in [-0.1, -0.05) is 13.8 Å². The zero-order valence-corrected chi connectivity index (χ0v) is 8.88. The molecule has 2 nitrogen and oxygen atoms in total. The largest absolute Gasteiger partial charge is 0.395 e. The molecule has 0 atom stereocenters. The third-order valence-corrected chi connectivity index (χ3v) is 2.43. The molecule has 0 heterocycles. The fraction of sp³-hybridized carbons (Fsp3) is 1.00. The lowest BCUT2D eigenvalue weighted by Crippen LogP contribution is -2.41. The normalized spacial score (nSPS) is 12.0. The molecule has 0 bridgehead atoms. The summed E-state index contributed by atoms with van der Waals surface area (Å²) in [4.78, 5) is 2.38. The second-order valence-electron chi connectivity index (χ2n) is 3.53. The van der Waals surface area contributed by atoms with Crippen LogP contribution in [0.5, 0.6) is 0 Å². The van der Waals surface area contributed by atoms with Crippen molar-refractivity contribution in [1.82, 2.24) is 4.90 Å². The van der Waals surface area contributed by atoms with E-state index in [4.69, 9.17) is 5.11 Å². The molecule has 0 fully saturated rings. The third-order valence-electron chi connectivity index (χ3n) is 2.43. The highest BCUT2D eigenvalue weighted by Crippen LogP contribution is 2.11. The van der Waals surface area contributed by atoms with Crippen LogP contribution in [0.1, 0.15) is 40.5 Å². The summed E-state index contributed by atoms with van der Waals surface area (Å²) in [6.45, 7) is 9.88. The van der Waals surface area contributed by atoms with Gasteiger partial charge in [-0.2, -0.15) is 0 Å². The molecular formula is C10H23NO. The van der Waals surface area contributed by atoms with Crippen LogP contribution in [0.25, 0.3) is 0 Å². The first-order valence-corrected chi connectivity index (χ1v) is 5.03. The number of nitrogens with zero attached hydrogens (tertiary/aromatic N) is 1. The minimum atomic E-state index is 0.272. The Kier molecular flexibility index (Phi) is 6.39. The SMILES string of the molecule is CCC(CC)N(CCO)C(C)C. The molecule has 0 spiro atoms. The summed E-state index contributed by atoms with van der Waals surface area (Å²) in [5.41, 5.74) is 0. The van der Waals surface area contributed by atoms with E-state index in [1.807, 2.05) is 0 Å². The third kappa shape index (κ3) is 3.55. The first-order valence-electron chi connectivity index (χ1n) is 5.03. The van der Waals surface area contributed by atoms with E-state index >= 15 is 0 Å². The topological polar surface area (TPSA) is 23.5 Å². The average molecular weight is 173 g/mol. The van der Waals surface area contributed by atoms with Crippen molar-refractivity contribution in [3.05, 3.63) is 0 Å². The molecule has 0 unspecified atom stereocenters. The Morgan fingerprint density at radius 3 is 1.92 bits per heavy atom. The molecule has 0 aliphatic heterocycles. The van der Waals surface area contributed by atoms with Crippen LogP contribution < -0.4 is 0 Å². The molecule has 2 heteroatoms. The van der Waals surface area contributed by atoms with Crippen LogP contribution in [0.2, 0.25) is 0 Å². The van der Waals surface area contributed by atoms with Crippen LogP contribution in [0.3, 0.4) is 0 Å². The first-order chi connectivity index (χ1) is 5.67. The monoisotopic (exact) mass is 173 g/mol. The smallest absolute Gasteiger partial charge is 0.0558 e. The Balaban J connectivity index is 4.05. The highest BCUT2D eigenvalue weighted by molar-refractivity contribution is 4.71. The van der Waals surface area contributed by atoms with Crippen LogP contribution >= 0.6 is 0 Å². The second kappa shape index (κ2) is 6.44. The van der Waals surface area contributed by atoms with E-state index in [1.165, 1.54) is 12.8 Å². The summed E-state index contributed by atoms with van der Waals surface area (Å²) >= 11 is 0. The Morgan fingerprint density at radius 1 is 1.17 bits per heavy atom. The van der Waals surface area contributed by atoms with E-state index in [9.17, 15) is 0 Å². The van der Waals surface area contributed by atoms with Crippen molar-refractivity contribution in [3.8, 4) is 0 Å². The fourth-order valence-electron chi connectivity index (χ4n) is 1.74. The summed E-state index contributed by atoms with van der Waals surface area (Å²) in [6.07, 6.45) is 2.35. The van der Waals surface area contributed by atoms with Crippen molar-refractivity contribution < 1.29 is 5.11 Å². The second-order valence-corrected chi connectivity index (χ2v) is 3.53. The number of aliphatic hydroxyl groups excluding tert-OH is 1. The summed E-state index contributed by atoms with van der Waals surface area (Å²) in [5, 5.41) is 8.88. The molecule has 0 saturated carbocycles. The van der Waals surface area contributed by atoms with Crippen LogP contribution in [-0.2, 0) is 0 Å². The number of hydrogen-bond donors (Lipinski definition) is 1. The van der Waals surface area contributed by atoms with E-state index in [2.05, 4.69) is 32.6 Å². The molecule has 0 amide bonds. The van der Waals surface area contributed by atoms with Crippen LogP contribution in [0.15, 0.2) is 0 Å². The molecule has 0 rings (SSSR count). The molecule has 1 N–H and O–H groups in total. The number of rotatable bonds is 6. The lowest BCUT2D eigenvalue weighted by Gasteiger charge is -2.33. The van der Waals surface area contributed by atoms with Gasteiger partial charge in [-0.15, -0.1) is 0 Å². The maximum absolute atomic E-state index is 8.88. The molecule has 0 aromatic rings. The fourth-order valence-corrected chi connectivity index (χ4v) is 1.74. The maximum Gasteiger partial charge on any atom is 0.0558 e. The van der Waals surface area contributed by atoms with Gasteiger partial charge in [0.15, 0.2) is 0 Å². The van der Waals surface area contributed by atoms with Crippen molar-refractivity contribution in [2.24, 2.45) is 0 Å². The Hall–Kier alpha value is -0.0800. The first kappa shape index (κ1) is 11.9. The van der Waals surface area contributed by atoms with Gasteiger partial charge in [0.2, 0.25) is 0 Å². The standard InChI is InChI=1S/C10H23NO/c1-5-10(6-2)11(7-8-12)9(3)4/h9-10,12H,5-8H2,1-4H3. The van der Waals surface area contributed by atoms with Gasteiger partial charge < -0.3 is 5.11 Å². The Morgan fingerprint density at radius 2 is 1.67 bits per heavy atom. The number of aliphatic hydroxyl groups is 1. The highest BCUT2D eigenvalue weighted by Gasteiger charge is 2.16. The lowest BCUT2D eigenvalue weighted by molar-refractivity contribution is 0.112. The molecule has 0 aromatic heterocycles. The van der Waals surface area contributed by atoms with Crippen LogP contribution in [0.4, 0.5) is 0 Å². The van der Waals surface area contributed by atoms with Gasteiger partial charge in [0, 0.05) is 18.6 Å². The van der Waals surface area contributed by atoms with Crippen molar-refractivity contribution >= 4 is 0 Å². The van der Waals surface area contributed by atoms with Gasteiger partial charge in [-0.3, -0.25) is 4.90 Å². The summed E-state index contributed by atoms with van der Waals surface area (Å²) in [5.74, 6) is 0. The van der Waals surface area contributed by atoms with Crippen LogP contribution in [-0.4, -0.2) is 35.2 Å². The predicted molar refractivity (Wildman–Crippen MR) is 53.3 cm³/mol. The van der Waals surface area contributed by atoms with Gasteiger partial charge >= 0.3 is 0 Å². The van der Waals surface area contributed by atoms with Crippen molar-refractivity contribution in [3.63, 3.8) is 0 Å². The quantitative estimate of drug-likeness (QED) is 0.663. The molecule has 0 saturated heterocycles. The zero-order valence-electron chi connectivity index (χ0n) is 8.88. The van der Waals surface area contributed by atoms with Gasteiger partial charge in [0.25, 0.3) is 0 Å². The van der Waals surface area contributed by atoms with E-state index in [1.54, 1.807) is 0 Å². The summed E-state index contributed by atoms with van der Waals surface area (Å²) in [6, 6.07) is 1.18. The van der Waals surface area contributed by atoms with Crippen molar-refractivity contribution in [2.45, 2.75) is 52.6 Å².